The van der Waals surface area contributed by atoms with Gasteiger partial charge in [0, 0.05) is 11.3 Å². The van der Waals surface area contributed by atoms with Crippen molar-refractivity contribution < 1.29 is 9.53 Å². The molecule has 0 radical (unpaired) electrons. The topological polar surface area (TPSA) is 62.1 Å². The summed E-state index contributed by atoms with van der Waals surface area (Å²) in [6.07, 6.45) is 1.57. The summed E-state index contributed by atoms with van der Waals surface area (Å²) in [5, 5.41) is 14.8. The standard InChI is InChI=1S/C29H24N2O2/c1-20-9-7-10-21(2)28(20)31-29(32)25(18-30)17-23-12-4-6-16-27(23)33-19-24-14-8-13-22-11-3-5-15-26(22)24/h3-17H,19H2,1-2H3,(H,31,32). The lowest BCUT2D eigenvalue weighted by Crippen LogP contribution is -2.15. The summed E-state index contributed by atoms with van der Waals surface area (Å²) in [5.41, 5.74) is 4.37. The van der Waals surface area contributed by atoms with E-state index in [9.17, 15) is 10.1 Å². The van der Waals surface area contributed by atoms with E-state index in [4.69, 9.17) is 4.74 Å². The quantitative estimate of drug-likeness (QED) is 0.276. The monoisotopic (exact) mass is 432 g/mol. The van der Waals surface area contributed by atoms with Crippen LogP contribution in [0.2, 0.25) is 0 Å². The molecular formula is C29H24N2O2. The molecule has 1 N–H and O–H groups in total. The van der Waals surface area contributed by atoms with E-state index >= 15 is 0 Å². The van der Waals surface area contributed by atoms with Crippen molar-refractivity contribution in [3.8, 4) is 11.8 Å². The third kappa shape index (κ3) is 4.94. The molecule has 4 rings (SSSR count). The van der Waals surface area contributed by atoms with Gasteiger partial charge >= 0.3 is 0 Å². The molecule has 0 heterocycles. The predicted molar refractivity (Wildman–Crippen MR) is 133 cm³/mol. The van der Waals surface area contributed by atoms with Gasteiger partial charge in [0.15, 0.2) is 0 Å². The van der Waals surface area contributed by atoms with Crippen molar-refractivity contribution in [1.82, 2.24) is 0 Å². The number of rotatable bonds is 6. The lowest BCUT2D eigenvalue weighted by Gasteiger charge is -2.13. The fourth-order valence-corrected chi connectivity index (χ4v) is 3.80. The molecule has 0 saturated heterocycles. The summed E-state index contributed by atoms with van der Waals surface area (Å²) in [7, 11) is 0. The van der Waals surface area contributed by atoms with Crippen LogP contribution < -0.4 is 10.1 Å². The Morgan fingerprint density at radius 1 is 0.909 bits per heavy atom. The first-order chi connectivity index (χ1) is 16.1. The van der Waals surface area contributed by atoms with Gasteiger partial charge in [-0.2, -0.15) is 5.26 Å². The number of nitriles is 1. The second-order valence-corrected chi connectivity index (χ2v) is 7.86. The Morgan fingerprint density at radius 2 is 1.58 bits per heavy atom. The summed E-state index contributed by atoms with van der Waals surface area (Å²) >= 11 is 0. The minimum Gasteiger partial charge on any atom is -0.488 e. The molecule has 4 aromatic rings. The van der Waals surface area contributed by atoms with E-state index in [1.165, 1.54) is 0 Å². The molecule has 0 aliphatic heterocycles. The number of carbonyl (C=O) groups excluding carboxylic acids is 1. The van der Waals surface area contributed by atoms with Crippen LogP contribution in [0.25, 0.3) is 16.8 Å². The largest absolute Gasteiger partial charge is 0.488 e. The van der Waals surface area contributed by atoms with Crippen LogP contribution >= 0.6 is 0 Å². The molecule has 0 unspecified atom stereocenters. The molecule has 0 aliphatic rings. The van der Waals surface area contributed by atoms with Crippen LogP contribution in [0.4, 0.5) is 5.69 Å². The maximum Gasteiger partial charge on any atom is 0.266 e. The number of aryl methyl sites for hydroxylation is 2. The Kier molecular flexibility index (Phi) is 6.52. The van der Waals surface area contributed by atoms with Gasteiger partial charge in [0.25, 0.3) is 5.91 Å². The number of anilines is 1. The highest BCUT2D eigenvalue weighted by atomic mass is 16.5. The van der Waals surface area contributed by atoms with Gasteiger partial charge in [-0.3, -0.25) is 4.79 Å². The van der Waals surface area contributed by atoms with Crippen molar-refractivity contribution in [3.63, 3.8) is 0 Å². The van der Waals surface area contributed by atoms with E-state index in [-0.39, 0.29) is 5.57 Å². The zero-order valence-corrected chi connectivity index (χ0v) is 18.6. The number of nitrogens with zero attached hydrogens (tertiary/aromatic N) is 1. The van der Waals surface area contributed by atoms with Crippen molar-refractivity contribution in [2.45, 2.75) is 20.5 Å². The van der Waals surface area contributed by atoms with Gasteiger partial charge in [-0.25, -0.2) is 0 Å². The number of fused-ring (bicyclic) bond motifs is 1. The predicted octanol–water partition coefficient (Wildman–Crippen LogP) is 6.58. The van der Waals surface area contributed by atoms with Gasteiger partial charge < -0.3 is 10.1 Å². The Hall–Kier alpha value is -4.36. The number of hydrogen-bond acceptors (Lipinski definition) is 3. The normalized spacial score (nSPS) is 11.1. The fraction of sp³-hybridized carbons (Fsp3) is 0.103. The third-order valence-electron chi connectivity index (χ3n) is 5.57. The second kappa shape index (κ2) is 9.84. The van der Waals surface area contributed by atoms with Crippen LogP contribution in [0.1, 0.15) is 22.3 Å². The van der Waals surface area contributed by atoms with Crippen molar-refractivity contribution in [3.05, 3.63) is 113 Å². The molecule has 4 nitrogen and oxygen atoms in total. The number of carbonyl (C=O) groups is 1. The summed E-state index contributed by atoms with van der Waals surface area (Å²) in [6, 6.07) is 29.5. The SMILES string of the molecule is Cc1cccc(C)c1NC(=O)C(C#N)=Cc1ccccc1OCc1cccc2ccccc12. The molecule has 33 heavy (non-hydrogen) atoms. The van der Waals surface area contributed by atoms with E-state index in [1.54, 1.807) is 6.08 Å². The van der Waals surface area contributed by atoms with Crippen LogP contribution in [-0.4, -0.2) is 5.91 Å². The number of nitrogens with one attached hydrogen (secondary N) is 1. The highest BCUT2D eigenvalue weighted by molar-refractivity contribution is 6.10. The smallest absolute Gasteiger partial charge is 0.266 e. The number of amides is 1. The first-order valence-corrected chi connectivity index (χ1v) is 10.7. The fourth-order valence-electron chi connectivity index (χ4n) is 3.80. The van der Waals surface area contributed by atoms with Crippen LogP contribution in [-0.2, 0) is 11.4 Å². The van der Waals surface area contributed by atoms with Gasteiger partial charge in [0.05, 0.1) is 0 Å². The minimum absolute atomic E-state index is 0.0128. The van der Waals surface area contributed by atoms with E-state index in [0.717, 1.165) is 33.2 Å². The maximum absolute atomic E-state index is 12.8. The molecule has 0 spiro atoms. The molecule has 0 saturated carbocycles. The first kappa shape index (κ1) is 21.9. The van der Waals surface area contributed by atoms with Crippen LogP contribution in [0.15, 0.2) is 90.5 Å². The Bertz CT molecular complexity index is 1370. The summed E-state index contributed by atoms with van der Waals surface area (Å²) < 4.78 is 6.13. The third-order valence-corrected chi connectivity index (χ3v) is 5.57. The average Bonchev–Trinajstić information content (AvgIpc) is 2.84. The van der Waals surface area contributed by atoms with Crippen LogP contribution in [0.3, 0.4) is 0 Å². The Morgan fingerprint density at radius 3 is 2.36 bits per heavy atom. The summed E-state index contributed by atoms with van der Waals surface area (Å²) in [6.45, 7) is 4.23. The van der Waals surface area contributed by atoms with Crippen molar-refractivity contribution in [2.24, 2.45) is 0 Å². The zero-order valence-electron chi connectivity index (χ0n) is 18.6. The maximum atomic E-state index is 12.8. The second-order valence-electron chi connectivity index (χ2n) is 7.86. The molecule has 4 heteroatoms. The zero-order chi connectivity index (χ0) is 23.2. The van der Waals surface area contributed by atoms with Crippen molar-refractivity contribution in [2.75, 3.05) is 5.32 Å². The van der Waals surface area contributed by atoms with Gasteiger partial charge in [0.1, 0.15) is 24.0 Å². The average molecular weight is 433 g/mol. The van der Waals surface area contributed by atoms with E-state index in [1.807, 2.05) is 86.6 Å². The van der Waals surface area contributed by atoms with E-state index in [2.05, 4.69) is 23.5 Å². The van der Waals surface area contributed by atoms with Gasteiger partial charge in [-0.15, -0.1) is 0 Å². The number of benzene rings is 4. The van der Waals surface area contributed by atoms with E-state index in [0.29, 0.717) is 17.9 Å². The minimum atomic E-state index is -0.446. The molecule has 0 atom stereocenters. The Labute approximate surface area is 193 Å². The van der Waals surface area contributed by atoms with Gasteiger partial charge in [-0.1, -0.05) is 78.9 Å². The van der Waals surface area contributed by atoms with Crippen LogP contribution in [0, 0.1) is 25.2 Å². The number of para-hydroxylation sites is 2. The molecule has 0 aromatic heterocycles. The van der Waals surface area contributed by atoms with Crippen LogP contribution in [0.5, 0.6) is 5.75 Å². The lowest BCUT2D eigenvalue weighted by atomic mass is 10.1. The first-order valence-electron chi connectivity index (χ1n) is 10.7. The van der Waals surface area contributed by atoms with Crippen molar-refractivity contribution in [1.29, 1.82) is 5.26 Å². The van der Waals surface area contributed by atoms with Gasteiger partial charge in [-0.05, 0) is 53.5 Å². The number of hydrogen-bond donors (Lipinski definition) is 1. The van der Waals surface area contributed by atoms with Crippen molar-refractivity contribution >= 4 is 28.4 Å². The van der Waals surface area contributed by atoms with E-state index < -0.39 is 5.91 Å². The molecule has 0 fully saturated rings. The van der Waals surface area contributed by atoms with Gasteiger partial charge in [0.2, 0.25) is 0 Å². The molecule has 1 amide bonds. The lowest BCUT2D eigenvalue weighted by molar-refractivity contribution is -0.112. The number of ether oxygens (including phenoxy) is 1. The molecule has 4 aromatic carbocycles. The molecule has 0 aliphatic carbocycles. The highest BCUT2D eigenvalue weighted by Gasteiger charge is 2.14. The molecule has 0 bridgehead atoms. The molecule has 162 valence electrons. The Balaban J connectivity index is 1.58. The summed E-state index contributed by atoms with van der Waals surface area (Å²) in [5.74, 6) is 0.164. The summed E-state index contributed by atoms with van der Waals surface area (Å²) in [4.78, 5) is 12.8. The molecular weight excluding hydrogens is 408 g/mol. The highest BCUT2D eigenvalue weighted by Crippen LogP contribution is 2.26.